The fourth-order valence-corrected chi connectivity index (χ4v) is 6.08. The van der Waals surface area contributed by atoms with Gasteiger partial charge in [-0.15, -0.1) is 0 Å². The number of esters is 1. The molecule has 0 amide bonds. The Morgan fingerprint density at radius 3 is 2.08 bits per heavy atom. The predicted molar refractivity (Wildman–Crippen MR) is 160 cm³/mol. The summed E-state index contributed by atoms with van der Waals surface area (Å²) in [5, 5.41) is 0. The molecule has 0 radical (unpaired) electrons. The lowest BCUT2D eigenvalue weighted by Crippen LogP contribution is -2.21. The molecular weight excluding hydrogens is 464 g/mol. The van der Waals surface area contributed by atoms with Crippen LogP contribution in [0, 0.1) is 11.8 Å². The molecule has 2 nitrogen and oxygen atoms in total. The van der Waals surface area contributed by atoms with Crippen molar-refractivity contribution < 1.29 is 9.53 Å². The smallest absolute Gasteiger partial charge is 0.314 e. The van der Waals surface area contributed by atoms with Gasteiger partial charge in [0.15, 0.2) is 0 Å². The molecule has 0 aliphatic heterocycles. The summed E-state index contributed by atoms with van der Waals surface area (Å²) in [6.07, 6.45) is 13.9. The topological polar surface area (TPSA) is 26.3 Å². The highest BCUT2D eigenvalue weighted by Crippen LogP contribution is 2.38. The number of ether oxygens (including phenoxy) is 1. The number of benzene rings is 3. The molecule has 1 unspecified atom stereocenters. The number of unbranched alkanes of at least 4 members (excludes halogenated alkanes) is 1. The number of carbonyl (C=O) groups excluding carboxylic acids is 1. The Morgan fingerprint density at radius 2 is 1.42 bits per heavy atom. The maximum absolute atomic E-state index is 13.1. The van der Waals surface area contributed by atoms with Crippen molar-refractivity contribution in [2.75, 3.05) is 0 Å². The summed E-state index contributed by atoms with van der Waals surface area (Å²) in [7, 11) is 0. The molecule has 2 heteroatoms. The van der Waals surface area contributed by atoms with Crippen molar-refractivity contribution in [3.63, 3.8) is 0 Å². The van der Waals surface area contributed by atoms with Crippen LogP contribution in [0.15, 0.2) is 78.9 Å². The zero-order valence-electron chi connectivity index (χ0n) is 23.5. The van der Waals surface area contributed by atoms with Crippen molar-refractivity contribution in [1.82, 2.24) is 0 Å². The molecular formula is C36H46O2. The van der Waals surface area contributed by atoms with Crippen molar-refractivity contribution in [2.45, 2.75) is 96.8 Å². The van der Waals surface area contributed by atoms with Crippen molar-refractivity contribution in [3.8, 4) is 16.9 Å². The average Bonchev–Trinajstić information content (AvgIpc) is 2.96. The van der Waals surface area contributed by atoms with Crippen LogP contribution in [0.2, 0.25) is 0 Å². The number of aryl methyl sites for hydroxylation is 1. The summed E-state index contributed by atoms with van der Waals surface area (Å²) in [5.41, 5.74) is 5.22. The standard InChI is InChI=1S/C36H46O2/c1-3-5-12-34(15-9-11-29-18-22-31(23-19-29)30-13-7-6-8-14-30)36(37)38-35-26-24-33(25-27-35)32-20-16-28(10-4-2)17-21-32/h6-8,13-14,18-19,22-28,32,34H,3-5,9-12,15-17,20-21H2,1-2H3. The van der Waals surface area contributed by atoms with E-state index >= 15 is 0 Å². The van der Waals surface area contributed by atoms with Crippen LogP contribution in [0.5, 0.6) is 5.75 Å². The summed E-state index contributed by atoms with van der Waals surface area (Å²) in [5.74, 6) is 2.17. The van der Waals surface area contributed by atoms with E-state index in [9.17, 15) is 4.79 Å². The molecule has 0 N–H and O–H groups in total. The van der Waals surface area contributed by atoms with Crippen molar-refractivity contribution in [1.29, 1.82) is 0 Å². The van der Waals surface area contributed by atoms with Crippen LogP contribution in [0.3, 0.4) is 0 Å². The molecule has 1 atom stereocenters. The van der Waals surface area contributed by atoms with E-state index in [0.717, 1.165) is 44.4 Å². The monoisotopic (exact) mass is 510 g/mol. The van der Waals surface area contributed by atoms with Crippen molar-refractivity contribution in [2.24, 2.45) is 11.8 Å². The van der Waals surface area contributed by atoms with Crippen LogP contribution in [-0.4, -0.2) is 5.97 Å². The molecule has 1 aliphatic rings. The Hall–Kier alpha value is -2.87. The zero-order chi connectivity index (χ0) is 26.6. The average molecular weight is 511 g/mol. The van der Waals surface area contributed by atoms with Crippen molar-refractivity contribution >= 4 is 5.97 Å². The zero-order valence-corrected chi connectivity index (χ0v) is 23.5. The molecule has 1 saturated carbocycles. The largest absolute Gasteiger partial charge is 0.426 e. The minimum atomic E-state index is -0.0642. The quantitative estimate of drug-likeness (QED) is 0.169. The molecule has 1 fully saturated rings. The van der Waals surface area contributed by atoms with Crippen LogP contribution >= 0.6 is 0 Å². The normalized spacial score (nSPS) is 18.2. The molecule has 0 spiro atoms. The lowest BCUT2D eigenvalue weighted by molar-refractivity contribution is -0.139. The van der Waals surface area contributed by atoms with E-state index in [4.69, 9.17) is 4.74 Å². The molecule has 0 aromatic heterocycles. The first kappa shape index (κ1) is 28.1. The van der Waals surface area contributed by atoms with E-state index in [1.165, 1.54) is 60.8 Å². The summed E-state index contributed by atoms with van der Waals surface area (Å²) < 4.78 is 5.89. The molecule has 38 heavy (non-hydrogen) atoms. The minimum Gasteiger partial charge on any atom is -0.426 e. The van der Waals surface area contributed by atoms with Gasteiger partial charge in [-0.3, -0.25) is 4.79 Å². The van der Waals surface area contributed by atoms with Gasteiger partial charge in [0.2, 0.25) is 0 Å². The van der Waals surface area contributed by atoms with Gasteiger partial charge in [-0.25, -0.2) is 0 Å². The second-order valence-electron chi connectivity index (χ2n) is 11.3. The Kier molecular flexibility index (Phi) is 11.0. The van der Waals surface area contributed by atoms with E-state index in [1.807, 2.05) is 18.2 Å². The van der Waals surface area contributed by atoms with E-state index in [0.29, 0.717) is 11.7 Å². The Morgan fingerprint density at radius 1 is 0.763 bits per heavy atom. The Balaban J connectivity index is 1.26. The maximum Gasteiger partial charge on any atom is 0.314 e. The number of carbonyl (C=O) groups is 1. The summed E-state index contributed by atoms with van der Waals surface area (Å²) in [4.78, 5) is 13.1. The Labute approximate surface area is 230 Å². The first-order chi connectivity index (χ1) is 18.7. The second-order valence-corrected chi connectivity index (χ2v) is 11.3. The summed E-state index contributed by atoms with van der Waals surface area (Å²) in [6, 6.07) is 27.7. The Bertz CT molecular complexity index is 1080. The lowest BCUT2D eigenvalue weighted by Gasteiger charge is -2.28. The lowest BCUT2D eigenvalue weighted by atomic mass is 9.77. The van der Waals surface area contributed by atoms with Gasteiger partial charge in [0.1, 0.15) is 5.75 Å². The van der Waals surface area contributed by atoms with Gasteiger partial charge in [0, 0.05) is 0 Å². The van der Waals surface area contributed by atoms with Gasteiger partial charge in [-0.2, -0.15) is 0 Å². The molecule has 1 aliphatic carbocycles. The van der Waals surface area contributed by atoms with E-state index in [-0.39, 0.29) is 11.9 Å². The minimum absolute atomic E-state index is 0.0351. The van der Waals surface area contributed by atoms with Gasteiger partial charge < -0.3 is 4.74 Å². The molecule has 3 aromatic rings. The maximum atomic E-state index is 13.1. The summed E-state index contributed by atoms with van der Waals surface area (Å²) >= 11 is 0. The molecule has 0 bridgehead atoms. The third-order valence-electron chi connectivity index (χ3n) is 8.43. The summed E-state index contributed by atoms with van der Waals surface area (Å²) in [6.45, 7) is 4.48. The second kappa shape index (κ2) is 14.9. The fourth-order valence-electron chi connectivity index (χ4n) is 6.08. The third kappa shape index (κ3) is 8.32. The van der Waals surface area contributed by atoms with Crippen LogP contribution in [-0.2, 0) is 11.2 Å². The van der Waals surface area contributed by atoms with Gasteiger partial charge in [-0.1, -0.05) is 106 Å². The van der Waals surface area contributed by atoms with Crippen molar-refractivity contribution in [3.05, 3.63) is 90.0 Å². The van der Waals surface area contributed by atoms with Gasteiger partial charge in [0.25, 0.3) is 0 Å². The van der Waals surface area contributed by atoms with Gasteiger partial charge in [-0.05, 0) is 97.6 Å². The highest BCUT2D eigenvalue weighted by Gasteiger charge is 2.23. The molecule has 0 heterocycles. The first-order valence-corrected chi connectivity index (χ1v) is 15.1. The van der Waals surface area contributed by atoms with Gasteiger partial charge in [0.05, 0.1) is 5.92 Å². The van der Waals surface area contributed by atoms with Crippen LogP contribution < -0.4 is 4.74 Å². The predicted octanol–water partition coefficient (Wildman–Crippen LogP) is 10.2. The molecule has 4 rings (SSSR count). The third-order valence-corrected chi connectivity index (χ3v) is 8.43. The molecule has 202 valence electrons. The van der Waals surface area contributed by atoms with Crippen LogP contribution in [0.1, 0.15) is 102 Å². The van der Waals surface area contributed by atoms with E-state index in [2.05, 4.69) is 74.5 Å². The fraction of sp³-hybridized carbons (Fsp3) is 0.472. The number of hydrogen-bond donors (Lipinski definition) is 0. The highest BCUT2D eigenvalue weighted by molar-refractivity contribution is 5.75. The van der Waals surface area contributed by atoms with E-state index in [1.54, 1.807) is 0 Å². The number of hydrogen-bond acceptors (Lipinski definition) is 2. The van der Waals surface area contributed by atoms with E-state index < -0.39 is 0 Å². The highest BCUT2D eigenvalue weighted by atomic mass is 16.5. The SMILES string of the molecule is CCCCC(CCCc1ccc(-c2ccccc2)cc1)C(=O)Oc1ccc(C2CCC(CCC)CC2)cc1. The van der Waals surface area contributed by atoms with Crippen LogP contribution in [0.4, 0.5) is 0 Å². The van der Waals surface area contributed by atoms with Crippen LogP contribution in [0.25, 0.3) is 11.1 Å². The molecule has 3 aromatic carbocycles. The first-order valence-electron chi connectivity index (χ1n) is 15.1. The number of rotatable bonds is 13. The van der Waals surface area contributed by atoms with Gasteiger partial charge >= 0.3 is 5.97 Å². The molecule has 0 saturated heterocycles.